The lowest BCUT2D eigenvalue weighted by molar-refractivity contribution is 0.0933. The Balaban J connectivity index is 2.51. The summed E-state index contributed by atoms with van der Waals surface area (Å²) in [5.74, 6) is 0. The van der Waals surface area contributed by atoms with Crippen molar-refractivity contribution in [3.8, 4) is 0 Å². The predicted octanol–water partition coefficient (Wildman–Crippen LogP) is 2.50. The van der Waals surface area contributed by atoms with E-state index < -0.39 is 18.3 Å². The molecule has 0 spiro atoms. The highest BCUT2D eigenvalue weighted by atomic mass is 31.2. The molecule has 0 amide bonds. The standard InChI is InChI=1S/C12H17O3P/c1-11(2)9-12(3,13)16(14,15-11)10-7-5-4-6-8-10/h4-8,13H,9H2,1-3H3/t12-,16?/m0/s1. The Morgan fingerprint density at radius 1 is 1.25 bits per heavy atom. The zero-order valence-electron chi connectivity index (χ0n) is 9.80. The molecule has 2 rings (SSSR count). The summed E-state index contributed by atoms with van der Waals surface area (Å²) in [7, 11) is -3.19. The van der Waals surface area contributed by atoms with Gasteiger partial charge in [-0.15, -0.1) is 0 Å². The van der Waals surface area contributed by atoms with Gasteiger partial charge in [0.2, 0.25) is 0 Å². The number of hydrogen-bond donors (Lipinski definition) is 1. The number of benzene rings is 1. The van der Waals surface area contributed by atoms with Crippen molar-refractivity contribution in [3.63, 3.8) is 0 Å². The SMILES string of the molecule is CC1(C)C[C@@](C)(O)P(=O)(c2ccccc2)O1. The molecule has 0 aromatic heterocycles. The van der Waals surface area contributed by atoms with Gasteiger partial charge in [-0.25, -0.2) is 0 Å². The molecule has 1 aromatic rings. The third-order valence-electron chi connectivity index (χ3n) is 2.87. The normalized spacial score (nSPS) is 37.5. The smallest absolute Gasteiger partial charge is 0.263 e. The summed E-state index contributed by atoms with van der Waals surface area (Å²) < 4.78 is 18.5. The molecule has 1 saturated heterocycles. The molecule has 0 radical (unpaired) electrons. The second-order valence-electron chi connectivity index (χ2n) is 5.13. The first-order chi connectivity index (χ1) is 7.27. The molecule has 1 aromatic carbocycles. The van der Waals surface area contributed by atoms with Crippen LogP contribution in [0.5, 0.6) is 0 Å². The summed E-state index contributed by atoms with van der Waals surface area (Å²) >= 11 is 0. The van der Waals surface area contributed by atoms with E-state index in [4.69, 9.17) is 4.52 Å². The van der Waals surface area contributed by atoms with E-state index in [0.29, 0.717) is 11.7 Å². The first-order valence-corrected chi connectivity index (χ1v) is 6.98. The minimum Gasteiger partial charge on any atom is -0.380 e. The van der Waals surface area contributed by atoms with E-state index in [1.165, 1.54) is 0 Å². The monoisotopic (exact) mass is 240 g/mol. The summed E-state index contributed by atoms with van der Waals surface area (Å²) in [6, 6.07) is 8.96. The van der Waals surface area contributed by atoms with Crippen molar-refractivity contribution in [2.75, 3.05) is 0 Å². The van der Waals surface area contributed by atoms with Crippen LogP contribution in [0.4, 0.5) is 0 Å². The van der Waals surface area contributed by atoms with Crippen molar-refractivity contribution in [3.05, 3.63) is 30.3 Å². The van der Waals surface area contributed by atoms with E-state index in [9.17, 15) is 9.67 Å². The van der Waals surface area contributed by atoms with Crippen molar-refractivity contribution in [2.24, 2.45) is 0 Å². The average molecular weight is 240 g/mol. The van der Waals surface area contributed by atoms with Gasteiger partial charge < -0.3 is 9.63 Å². The minimum absolute atomic E-state index is 0.381. The summed E-state index contributed by atoms with van der Waals surface area (Å²) in [5.41, 5.74) is -0.547. The van der Waals surface area contributed by atoms with Crippen LogP contribution >= 0.6 is 7.37 Å². The maximum absolute atomic E-state index is 12.8. The lowest BCUT2D eigenvalue weighted by Crippen LogP contribution is -2.26. The molecular weight excluding hydrogens is 223 g/mol. The quantitative estimate of drug-likeness (QED) is 0.767. The van der Waals surface area contributed by atoms with E-state index in [0.717, 1.165) is 0 Å². The molecule has 0 bridgehead atoms. The van der Waals surface area contributed by atoms with Crippen LogP contribution in [0.3, 0.4) is 0 Å². The third kappa shape index (κ3) is 1.73. The lowest BCUT2D eigenvalue weighted by Gasteiger charge is -2.24. The van der Waals surface area contributed by atoms with Crippen LogP contribution < -0.4 is 5.30 Å². The van der Waals surface area contributed by atoms with Crippen LogP contribution in [0, 0.1) is 0 Å². The molecule has 1 aliphatic heterocycles. The first kappa shape index (κ1) is 11.8. The van der Waals surface area contributed by atoms with E-state index in [1.807, 2.05) is 19.9 Å². The van der Waals surface area contributed by atoms with Crippen LogP contribution in [0.15, 0.2) is 30.3 Å². The fourth-order valence-electron chi connectivity index (χ4n) is 2.34. The van der Waals surface area contributed by atoms with Gasteiger partial charge in [0.25, 0.3) is 7.37 Å². The van der Waals surface area contributed by atoms with Gasteiger partial charge in [0.05, 0.1) is 5.60 Å². The first-order valence-electron chi connectivity index (χ1n) is 5.36. The number of aliphatic hydroxyl groups is 1. The van der Waals surface area contributed by atoms with Gasteiger partial charge in [0.1, 0.15) is 5.34 Å². The van der Waals surface area contributed by atoms with Gasteiger partial charge in [0, 0.05) is 11.7 Å². The fraction of sp³-hybridized carbons (Fsp3) is 0.500. The summed E-state index contributed by atoms with van der Waals surface area (Å²) in [6.07, 6.45) is 0.381. The van der Waals surface area contributed by atoms with Crippen LogP contribution in [0.25, 0.3) is 0 Å². The van der Waals surface area contributed by atoms with Crippen LogP contribution in [-0.4, -0.2) is 16.0 Å². The molecule has 3 nitrogen and oxygen atoms in total. The maximum atomic E-state index is 12.8. The van der Waals surface area contributed by atoms with Crippen LogP contribution in [0.2, 0.25) is 0 Å². The summed E-state index contributed by atoms with van der Waals surface area (Å²) in [4.78, 5) is 0. The molecule has 1 unspecified atom stereocenters. The average Bonchev–Trinajstić information content (AvgIpc) is 2.33. The van der Waals surface area contributed by atoms with Crippen LogP contribution in [0.1, 0.15) is 27.2 Å². The van der Waals surface area contributed by atoms with Crippen molar-refractivity contribution in [1.82, 2.24) is 0 Å². The Labute approximate surface area is 95.9 Å². The zero-order chi connectivity index (χ0) is 12.0. The fourth-order valence-corrected chi connectivity index (χ4v) is 5.12. The molecule has 1 fully saturated rings. The molecule has 16 heavy (non-hydrogen) atoms. The van der Waals surface area contributed by atoms with Gasteiger partial charge in [0.15, 0.2) is 0 Å². The van der Waals surface area contributed by atoms with E-state index in [2.05, 4.69) is 0 Å². The molecule has 1 aliphatic rings. The Kier molecular flexibility index (Phi) is 2.54. The lowest BCUT2D eigenvalue weighted by atomic mass is 10.0. The summed E-state index contributed by atoms with van der Waals surface area (Å²) in [6.45, 7) is 5.30. The second kappa shape index (κ2) is 3.43. The highest BCUT2D eigenvalue weighted by Crippen LogP contribution is 2.67. The third-order valence-corrected chi connectivity index (χ3v) is 6.02. The molecule has 88 valence electrons. The van der Waals surface area contributed by atoms with Crippen molar-refractivity contribution < 1.29 is 14.2 Å². The second-order valence-corrected chi connectivity index (χ2v) is 7.90. The Morgan fingerprint density at radius 3 is 2.25 bits per heavy atom. The molecule has 0 aliphatic carbocycles. The van der Waals surface area contributed by atoms with Crippen LogP contribution in [-0.2, 0) is 9.09 Å². The highest BCUT2D eigenvalue weighted by Gasteiger charge is 2.57. The molecule has 0 saturated carbocycles. The van der Waals surface area contributed by atoms with E-state index in [-0.39, 0.29) is 0 Å². The van der Waals surface area contributed by atoms with Gasteiger partial charge >= 0.3 is 0 Å². The molecule has 4 heteroatoms. The number of rotatable bonds is 1. The largest absolute Gasteiger partial charge is 0.380 e. The Bertz CT molecular complexity index is 437. The molecule has 1 heterocycles. The summed E-state index contributed by atoms with van der Waals surface area (Å²) in [5, 5.41) is 9.62. The molecular formula is C12H17O3P. The Morgan fingerprint density at radius 2 is 1.81 bits per heavy atom. The predicted molar refractivity (Wildman–Crippen MR) is 64.1 cm³/mol. The van der Waals surface area contributed by atoms with E-state index >= 15 is 0 Å². The zero-order valence-corrected chi connectivity index (χ0v) is 10.7. The van der Waals surface area contributed by atoms with Gasteiger partial charge in [-0.1, -0.05) is 18.2 Å². The Hall–Kier alpha value is -0.630. The van der Waals surface area contributed by atoms with Gasteiger partial charge in [-0.2, -0.15) is 0 Å². The molecule has 2 atom stereocenters. The van der Waals surface area contributed by atoms with Gasteiger partial charge in [-0.3, -0.25) is 4.57 Å². The molecule has 1 N–H and O–H groups in total. The van der Waals surface area contributed by atoms with E-state index in [1.54, 1.807) is 31.2 Å². The number of hydrogen-bond acceptors (Lipinski definition) is 3. The maximum Gasteiger partial charge on any atom is 0.263 e. The van der Waals surface area contributed by atoms with Crippen molar-refractivity contribution in [2.45, 2.75) is 38.1 Å². The van der Waals surface area contributed by atoms with Gasteiger partial charge in [-0.05, 0) is 32.9 Å². The topological polar surface area (TPSA) is 46.5 Å². The van der Waals surface area contributed by atoms with Crippen molar-refractivity contribution >= 4 is 12.7 Å². The highest BCUT2D eigenvalue weighted by molar-refractivity contribution is 7.68. The van der Waals surface area contributed by atoms with Crippen molar-refractivity contribution in [1.29, 1.82) is 0 Å². The minimum atomic E-state index is -3.19.